The molecule has 40 heavy (non-hydrogen) atoms. The van der Waals surface area contributed by atoms with Gasteiger partial charge in [0.1, 0.15) is 36.2 Å². The summed E-state index contributed by atoms with van der Waals surface area (Å²) in [5, 5.41) is 17.3. The Kier molecular flexibility index (Phi) is 8.68. The first kappa shape index (κ1) is 28.9. The second kappa shape index (κ2) is 12.0. The van der Waals surface area contributed by atoms with Crippen LogP contribution in [0.4, 0.5) is 15.9 Å². The SMILES string of the molecule is C=CC(=O)N(C)c1cccc(Cn2ccc(C(=O)c3cncnc3N[C@@H]3C[C@@H](OS(=O)(=O)NC)[C@@H](O)[C@@H]3F)n2)c1. The van der Waals surface area contributed by atoms with Crippen molar-refractivity contribution in [2.24, 2.45) is 0 Å². The molecule has 1 aliphatic carbocycles. The molecule has 2 heterocycles. The number of carbonyl (C=O) groups excluding carboxylic acids is 2. The van der Waals surface area contributed by atoms with Gasteiger partial charge in [0.05, 0.1) is 18.2 Å². The van der Waals surface area contributed by atoms with Gasteiger partial charge >= 0.3 is 10.3 Å². The van der Waals surface area contributed by atoms with Gasteiger partial charge < -0.3 is 15.3 Å². The quantitative estimate of drug-likeness (QED) is 0.221. The lowest BCUT2D eigenvalue weighted by molar-refractivity contribution is -0.113. The van der Waals surface area contributed by atoms with E-state index in [2.05, 4.69) is 27.0 Å². The Morgan fingerprint density at radius 3 is 2.85 bits per heavy atom. The van der Waals surface area contributed by atoms with Gasteiger partial charge in [-0.1, -0.05) is 18.7 Å². The number of aliphatic hydroxyl groups excluding tert-OH is 1. The zero-order valence-electron chi connectivity index (χ0n) is 21.6. The highest BCUT2D eigenvalue weighted by Crippen LogP contribution is 2.30. The number of likely N-dealkylation sites (N-methyl/N-ethyl adjacent to an activating group) is 1. The first-order valence-electron chi connectivity index (χ1n) is 12.1. The van der Waals surface area contributed by atoms with Crippen LogP contribution in [0.25, 0.3) is 0 Å². The van der Waals surface area contributed by atoms with Crippen molar-refractivity contribution in [2.45, 2.75) is 37.4 Å². The largest absolute Gasteiger partial charge is 0.387 e. The second-order valence-electron chi connectivity index (χ2n) is 9.00. The van der Waals surface area contributed by atoms with E-state index in [4.69, 9.17) is 4.18 Å². The molecule has 212 valence electrons. The maximum absolute atomic E-state index is 14.8. The molecule has 3 N–H and O–H groups in total. The molecule has 1 fully saturated rings. The van der Waals surface area contributed by atoms with Crippen molar-refractivity contribution < 1.29 is 31.7 Å². The predicted octanol–water partition coefficient (Wildman–Crippen LogP) is 0.834. The molecule has 3 aromatic rings. The summed E-state index contributed by atoms with van der Waals surface area (Å²) in [7, 11) is -1.40. The highest BCUT2D eigenvalue weighted by Gasteiger charge is 2.46. The van der Waals surface area contributed by atoms with E-state index in [0.717, 1.165) is 18.9 Å². The van der Waals surface area contributed by atoms with Crippen LogP contribution in [0.3, 0.4) is 0 Å². The van der Waals surface area contributed by atoms with Gasteiger partial charge in [0.2, 0.25) is 11.7 Å². The van der Waals surface area contributed by atoms with Crippen molar-refractivity contribution in [3.05, 3.63) is 78.5 Å². The first-order valence-corrected chi connectivity index (χ1v) is 13.5. The fraction of sp³-hybridized carbons (Fsp3) is 0.320. The number of benzene rings is 1. The molecule has 4 rings (SSSR count). The van der Waals surface area contributed by atoms with E-state index in [0.29, 0.717) is 12.2 Å². The summed E-state index contributed by atoms with van der Waals surface area (Å²) in [6, 6.07) is 7.68. The topological polar surface area (TPSA) is 169 Å². The van der Waals surface area contributed by atoms with E-state index < -0.39 is 40.5 Å². The molecule has 4 atom stereocenters. The van der Waals surface area contributed by atoms with E-state index >= 15 is 0 Å². The molecule has 1 amide bonds. The molecule has 1 aromatic carbocycles. The molecule has 0 radical (unpaired) electrons. The third kappa shape index (κ3) is 6.39. The van der Waals surface area contributed by atoms with Crippen LogP contribution in [0.15, 0.2) is 61.7 Å². The van der Waals surface area contributed by atoms with E-state index in [-0.39, 0.29) is 29.4 Å². The van der Waals surface area contributed by atoms with Gasteiger partial charge in [0.25, 0.3) is 0 Å². The van der Waals surface area contributed by atoms with Crippen molar-refractivity contribution in [3.8, 4) is 0 Å². The number of aromatic nitrogens is 4. The lowest BCUT2D eigenvalue weighted by Crippen LogP contribution is -2.35. The zero-order chi connectivity index (χ0) is 29.0. The van der Waals surface area contributed by atoms with Crippen molar-refractivity contribution in [3.63, 3.8) is 0 Å². The Hall–Kier alpha value is -4.05. The molecule has 1 saturated carbocycles. The second-order valence-corrected chi connectivity index (χ2v) is 10.5. The van der Waals surface area contributed by atoms with Gasteiger partial charge in [-0.25, -0.2) is 14.4 Å². The molecule has 0 bridgehead atoms. The summed E-state index contributed by atoms with van der Waals surface area (Å²) in [6.45, 7) is 3.81. The molecular weight excluding hydrogens is 545 g/mol. The minimum atomic E-state index is -4.16. The van der Waals surface area contributed by atoms with E-state index in [9.17, 15) is 27.5 Å². The van der Waals surface area contributed by atoms with Crippen molar-refractivity contribution in [1.82, 2.24) is 24.5 Å². The fourth-order valence-corrected chi connectivity index (χ4v) is 4.83. The molecule has 0 unspecified atom stereocenters. The van der Waals surface area contributed by atoms with Gasteiger partial charge in [-0.3, -0.25) is 18.5 Å². The molecule has 0 aliphatic heterocycles. The van der Waals surface area contributed by atoms with Crippen LogP contribution >= 0.6 is 0 Å². The Morgan fingerprint density at radius 1 is 1.35 bits per heavy atom. The molecule has 0 spiro atoms. The van der Waals surface area contributed by atoms with Crippen LogP contribution in [-0.2, 0) is 25.8 Å². The number of hydrogen-bond acceptors (Lipinski definition) is 10. The number of ketones is 1. The van der Waals surface area contributed by atoms with Gasteiger partial charge in [-0.05, 0) is 29.8 Å². The van der Waals surface area contributed by atoms with Gasteiger partial charge in [-0.15, -0.1) is 0 Å². The van der Waals surface area contributed by atoms with E-state index in [1.54, 1.807) is 30.1 Å². The highest BCUT2D eigenvalue weighted by atomic mass is 32.2. The smallest absolute Gasteiger partial charge is 0.335 e. The normalized spacial score (nSPS) is 20.7. The Labute approximate surface area is 230 Å². The van der Waals surface area contributed by atoms with Crippen molar-refractivity contribution in [1.29, 1.82) is 0 Å². The maximum atomic E-state index is 14.8. The van der Waals surface area contributed by atoms with E-state index in [1.165, 1.54) is 23.2 Å². The Morgan fingerprint density at radius 2 is 2.12 bits per heavy atom. The molecular formula is C25H28FN7O6S. The highest BCUT2D eigenvalue weighted by molar-refractivity contribution is 7.84. The van der Waals surface area contributed by atoms with Crippen LogP contribution in [0.1, 0.15) is 28.0 Å². The number of carbonyl (C=O) groups is 2. The average Bonchev–Trinajstić information content (AvgIpc) is 3.52. The standard InChI is InChI=1S/C25H28FN7O6S/c1-4-21(34)32(3)16-7-5-6-15(10-16)13-33-9-8-18(31-33)23(35)17-12-28-14-29-25(17)30-19-11-20(24(36)22(19)26)39-40(37,38)27-2/h4-10,12,14,19-20,22,24,27,36H,1,11,13H2,2-3H3,(H,28,29,30)/t19-,20-,22-,24-/m1/s1. The number of nitrogens with one attached hydrogen (secondary N) is 2. The number of halogens is 1. The Bertz CT molecular complexity index is 1510. The number of alkyl halides is 1. The van der Waals surface area contributed by atoms with Crippen LogP contribution in [0, 0.1) is 0 Å². The summed E-state index contributed by atoms with van der Waals surface area (Å²) >= 11 is 0. The van der Waals surface area contributed by atoms with Crippen LogP contribution < -0.4 is 14.9 Å². The van der Waals surface area contributed by atoms with E-state index in [1.807, 2.05) is 16.9 Å². The number of aliphatic hydroxyl groups is 1. The maximum Gasteiger partial charge on any atom is 0.335 e. The average molecular weight is 574 g/mol. The number of anilines is 2. The number of amides is 1. The molecule has 15 heteroatoms. The van der Waals surface area contributed by atoms with Crippen molar-refractivity contribution >= 4 is 33.5 Å². The number of hydrogen-bond donors (Lipinski definition) is 3. The van der Waals surface area contributed by atoms with Crippen LogP contribution in [0.5, 0.6) is 0 Å². The predicted molar refractivity (Wildman–Crippen MR) is 143 cm³/mol. The van der Waals surface area contributed by atoms with Gasteiger partial charge in [0, 0.05) is 38.6 Å². The summed E-state index contributed by atoms with van der Waals surface area (Å²) in [4.78, 5) is 34.6. The van der Waals surface area contributed by atoms with Crippen LogP contribution in [0.2, 0.25) is 0 Å². The lowest BCUT2D eigenvalue weighted by atomic mass is 10.1. The first-order chi connectivity index (χ1) is 19.0. The van der Waals surface area contributed by atoms with Crippen molar-refractivity contribution in [2.75, 3.05) is 24.3 Å². The van der Waals surface area contributed by atoms with Crippen LogP contribution in [-0.4, -0.2) is 83.5 Å². The summed E-state index contributed by atoms with van der Waals surface area (Å²) < 4.78 is 46.5. The third-order valence-electron chi connectivity index (χ3n) is 6.38. The zero-order valence-corrected chi connectivity index (χ0v) is 22.5. The lowest BCUT2D eigenvalue weighted by Gasteiger charge is -2.17. The monoisotopic (exact) mass is 573 g/mol. The number of nitrogens with zero attached hydrogens (tertiary/aromatic N) is 5. The number of rotatable bonds is 11. The van der Waals surface area contributed by atoms with Gasteiger partial charge in [0.15, 0.2) is 0 Å². The minimum absolute atomic E-state index is 0.00542. The summed E-state index contributed by atoms with van der Waals surface area (Å²) in [6.07, 6.45) is 0.0946. The molecule has 13 nitrogen and oxygen atoms in total. The Balaban J connectivity index is 1.48. The summed E-state index contributed by atoms with van der Waals surface area (Å²) in [5.41, 5.74) is 1.59. The molecule has 1 aliphatic rings. The molecule has 0 saturated heterocycles. The van der Waals surface area contributed by atoms with Gasteiger partial charge in [-0.2, -0.15) is 18.2 Å². The summed E-state index contributed by atoms with van der Waals surface area (Å²) in [5.74, 6) is -0.795. The third-order valence-corrected chi connectivity index (χ3v) is 7.38. The fourth-order valence-electron chi connectivity index (χ4n) is 4.22. The molecule has 2 aromatic heterocycles. The minimum Gasteiger partial charge on any atom is -0.387 e.